The van der Waals surface area contributed by atoms with Gasteiger partial charge in [0.1, 0.15) is 22.9 Å². The second kappa shape index (κ2) is 5.59. The van der Waals surface area contributed by atoms with Crippen LogP contribution in [-0.4, -0.2) is 21.5 Å². The number of hydrogen-bond donors (Lipinski definition) is 1. The van der Waals surface area contributed by atoms with Gasteiger partial charge in [-0.05, 0) is 24.3 Å². The van der Waals surface area contributed by atoms with Crippen molar-refractivity contribution >= 4 is 39.0 Å². The molecule has 0 unspecified atom stereocenters. The van der Waals surface area contributed by atoms with Crippen LogP contribution in [0.4, 0.5) is 5.82 Å². The molecule has 5 rings (SSSR count). The van der Waals surface area contributed by atoms with Gasteiger partial charge in [0.25, 0.3) is 0 Å². The van der Waals surface area contributed by atoms with Crippen molar-refractivity contribution in [2.45, 2.75) is 6.42 Å². The summed E-state index contributed by atoms with van der Waals surface area (Å²) in [5.41, 5.74) is 3.97. The highest BCUT2D eigenvalue weighted by Crippen LogP contribution is 2.30. The zero-order chi connectivity index (χ0) is 16.6. The number of fused-ring (bicyclic) bond motifs is 4. The maximum atomic E-state index is 5.91. The fourth-order valence-electron chi connectivity index (χ4n) is 2.96. The summed E-state index contributed by atoms with van der Waals surface area (Å²) in [6.07, 6.45) is 2.20. The van der Waals surface area contributed by atoms with Crippen molar-refractivity contribution in [3.05, 3.63) is 60.7 Å². The Morgan fingerprint density at radius 2 is 1.72 bits per heavy atom. The normalized spacial score (nSPS) is 11.5. The molecule has 3 heterocycles. The minimum atomic E-state index is 0.635. The molecule has 0 saturated heterocycles. The maximum absolute atomic E-state index is 5.91. The lowest BCUT2D eigenvalue weighted by molar-refractivity contribution is 0.533. The molecule has 2 aromatic carbocycles. The lowest BCUT2D eigenvalue weighted by atomic mass is 10.2. The Hall–Kier alpha value is -3.41. The van der Waals surface area contributed by atoms with Gasteiger partial charge in [-0.3, -0.25) is 0 Å². The summed E-state index contributed by atoms with van der Waals surface area (Å²) in [7, 11) is 0. The fraction of sp³-hybridized carbons (Fsp3) is 0.105. The first kappa shape index (κ1) is 14.0. The summed E-state index contributed by atoms with van der Waals surface area (Å²) < 4.78 is 11.6. The van der Waals surface area contributed by atoms with E-state index in [1.54, 1.807) is 6.33 Å². The average molecular weight is 330 g/mol. The van der Waals surface area contributed by atoms with Gasteiger partial charge >= 0.3 is 0 Å². The monoisotopic (exact) mass is 330 g/mol. The highest BCUT2D eigenvalue weighted by atomic mass is 16.3. The number of nitrogens with one attached hydrogen (secondary N) is 1. The zero-order valence-corrected chi connectivity index (χ0v) is 13.3. The summed E-state index contributed by atoms with van der Waals surface area (Å²) >= 11 is 0. The summed E-state index contributed by atoms with van der Waals surface area (Å²) in [4.78, 5) is 13.1. The first-order chi connectivity index (χ1) is 12.4. The Kier molecular flexibility index (Phi) is 3.13. The minimum absolute atomic E-state index is 0.635. The first-order valence-electron chi connectivity index (χ1n) is 8.09. The van der Waals surface area contributed by atoms with E-state index in [2.05, 4.69) is 20.3 Å². The molecule has 6 heteroatoms. The molecule has 6 nitrogen and oxygen atoms in total. The molecular weight excluding hydrogens is 316 g/mol. The Labute approximate surface area is 142 Å². The first-order valence-corrected chi connectivity index (χ1v) is 8.09. The van der Waals surface area contributed by atoms with Crippen LogP contribution >= 0.6 is 0 Å². The second-order valence-corrected chi connectivity index (χ2v) is 5.75. The van der Waals surface area contributed by atoms with E-state index in [9.17, 15) is 0 Å². The molecule has 0 aliphatic heterocycles. The minimum Gasteiger partial charge on any atom is -0.450 e. The molecule has 0 atom stereocenters. The van der Waals surface area contributed by atoms with Gasteiger partial charge in [0, 0.05) is 18.4 Å². The van der Waals surface area contributed by atoms with Crippen molar-refractivity contribution in [2.75, 3.05) is 11.9 Å². The molecule has 0 saturated carbocycles. The summed E-state index contributed by atoms with van der Waals surface area (Å²) in [5.74, 6) is 1.38. The number of furan rings is 1. The standard InChI is InChI=1S/C19H14N4O2/c1-3-7-14-12(5-1)17-18(25-14)19(22-11-21-17)20-10-9-16-23-13-6-2-4-8-15(13)24-16/h1-8,11H,9-10H2,(H,20,21,22). The van der Waals surface area contributed by atoms with E-state index < -0.39 is 0 Å². The van der Waals surface area contributed by atoms with Crippen LogP contribution in [0.2, 0.25) is 0 Å². The molecule has 0 bridgehead atoms. The third-order valence-corrected chi connectivity index (χ3v) is 4.13. The number of rotatable bonds is 4. The summed E-state index contributed by atoms with van der Waals surface area (Å²) in [6, 6.07) is 15.6. The third kappa shape index (κ3) is 2.39. The van der Waals surface area contributed by atoms with Gasteiger partial charge in [-0.1, -0.05) is 24.3 Å². The van der Waals surface area contributed by atoms with Gasteiger partial charge in [-0.25, -0.2) is 15.0 Å². The number of aromatic nitrogens is 3. The van der Waals surface area contributed by atoms with E-state index >= 15 is 0 Å². The molecule has 0 aliphatic carbocycles. The van der Waals surface area contributed by atoms with Gasteiger partial charge in [-0.15, -0.1) is 0 Å². The van der Waals surface area contributed by atoms with Crippen LogP contribution in [0.25, 0.3) is 33.2 Å². The molecule has 0 radical (unpaired) electrons. The average Bonchev–Trinajstić information content (AvgIpc) is 3.23. The lowest BCUT2D eigenvalue weighted by Crippen LogP contribution is -2.06. The van der Waals surface area contributed by atoms with Gasteiger partial charge in [0.2, 0.25) is 0 Å². The van der Waals surface area contributed by atoms with Crippen molar-refractivity contribution in [1.29, 1.82) is 0 Å². The van der Waals surface area contributed by atoms with E-state index in [0.29, 0.717) is 30.3 Å². The van der Waals surface area contributed by atoms with Crippen LogP contribution < -0.4 is 5.32 Å². The Morgan fingerprint density at radius 1 is 0.880 bits per heavy atom. The summed E-state index contributed by atoms with van der Waals surface area (Å²) in [5, 5.41) is 4.28. The molecule has 5 aromatic rings. The van der Waals surface area contributed by atoms with Crippen LogP contribution in [0, 0.1) is 0 Å². The van der Waals surface area contributed by atoms with Crippen LogP contribution in [0.3, 0.4) is 0 Å². The molecule has 0 fully saturated rings. The SMILES string of the molecule is c1ccc2oc(CCNc3ncnc4c3oc3ccccc34)nc2c1. The maximum Gasteiger partial charge on any atom is 0.197 e. The molecular formula is C19H14N4O2. The van der Waals surface area contributed by atoms with Crippen LogP contribution in [0.1, 0.15) is 5.89 Å². The Balaban J connectivity index is 1.40. The lowest BCUT2D eigenvalue weighted by Gasteiger charge is -2.03. The predicted molar refractivity (Wildman–Crippen MR) is 95.5 cm³/mol. The van der Waals surface area contributed by atoms with Crippen molar-refractivity contribution in [2.24, 2.45) is 0 Å². The molecule has 25 heavy (non-hydrogen) atoms. The molecule has 1 N–H and O–H groups in total. The smallest absolute Gasteiger partial charge is 0.197 e. The predicted octanol–water partition coefficient (Wildman–Crippen LogP) is 4.17. The molecule has 0 spiro atoms. The molecule has 3 aromatic heterocycles. The number of hydrogen-bond acceptors (Lipinski definition) is 6. The zero-order valence-electron chi connectivity index (χ0n) is 13.3. The second-order valence-electron chi connectivity index (χ2n) is 5.75. The topological polar surface area (TPSA) is 77.0 Å². The molecule has 0 aliphatic rings. The van der Waals surface area contributed by atoms with E-state index in [1.807, 2.05) is 48.5 Å². The van der Waals surface area contributed by atoms with Gasteiger partial charge < -0.3 is 14.2 Å². The van der Waals surface area contributed by atoms with Gasteiger partial charge in [0.05, 0.1) is 0 Å². The van der Waals surface area contributed by atoms with Crippen LogP contribution in [-0.2, 0) is 6.42 Å². The van der Waals surface area contributed by atoms with E-state index in [0.717, 1.165) is 27.6 Å². The number of nitrogens with zero attached hydrogens (tertiary/aromatic N) is 3. The van der Waals surface area contributed by atoms with Crippen LogP contribution in [0.15, 0.2) is 63.7 Å². The van der Waals surface area contributed by atoms with E-state index in [-0.39, 0.29) is 0 Å². The number of anilines is 1. The largest absolute Gasteiger partial charge is 0.450 e. The number of benzene rings is 2. The van der Waals surface area contributed by atoms with E-state index in [1.165, 1.54) is 0 Å². The Morgan fingerprint density at radius 3 is 2.64 bits per heavy atom. The number of para-hydroxylation sites is 3. The molecule has 0 amide bonds. The number of oxazole rings is 1. The highest BCUT2D eigenvalue weighted by Gasteiger charge is 2.13. The van der Waals surface area contributed by atoms with Gasteiger partial charge in [0.15, 0.2) is 22.9 Å². The summed E-state index contributed by atoms with van der Waals surface area (Å²) in [6.45, 7) is 0.635. The Bertz CT molecular complexity index is 1160. The third-order valence-electron chi connectivity index (χ3n) is 4.13. The van der Waals surface area contributed by atoms with Crippen molar-refractivity contribution in [3.63, 3.8) is 0 Å². The fourth-order valence-corrected chi connectivity index (χ4v) is 2.96. The van der Waals surface area contributed by atoms with E-state index in [4.69, 9.17) is 8.83 Å². The highest BCUT2D eigenvalue weighted by molar-refractivity contribution is 6.05. The quantitative estimate of drug-likeness (QED) is 0.533. The van der Waals surface area contributed by atoms with Gasteiger partial charge in [-0.2, -0.15) is 0 Å². The molecule has 122 valence electrons. The van der Waals surface area contributed by atoms with Crippen molar-refractivity contribution in [3.8, 4) is 0 Å². The van der Waals surface area contributed by atoms with Crippen molar-refractivity contribution in [1.82, 2.24) is 15.0 Å². The van der Waals surface area contributed by atoms with Crippen molar-refractivity contribution < 1.29 is 8.83 Å². The van der Waals surface area contributed by atoms with Crippen LogP contribution in [0.5, 0.6) is 0 Å².